The number of rotatable bonds is 0. The van der Waals surface area contributed by atoms with E-state index in [-0.39, 0.29) is 0 Å². The SMILES string of the molecule is BrC1(Br)CC12CC21CCC1. The van der Waals surface area contributed by atoms with Crippen molar-refractivity contribution in [2.75, 3.05) is 0 Å². The standard InChI is InChI=1S/C8H10Br2/c9-8(10)5-7(8)4-6(7)2-1-3-6/h1-5H2. The van der Waals surface area contributed by atoms with Crippen LogP contribution in [0.2, 0.25) is 0 Å². The van der Waals surface area contributed by atoms with Crippen LogP contribution in [0.15, 0.2) is 0 Å². The molecule has 0 saturated heterocycles. The van der Waals surface area contributed by atoms with Crippen LogP contribution in [0.5, 0.6) is 0 Å². The van der Waals surface area contributed by atoms with Crippen molar-refractivity contribution in [1.82, 2.24) is 0 Å². The van der Waals surface area contributed by atoms with Crippen molar-refractivity contribution in [2.45, 2.75) is 35.3 Å². The largest absolute Gasteiger partial charge is 0.0874 e. The van der Waals surface area contributed by atoms with E-state index in [9.17, 15) is 0 Å². The minimum Gasteiger partial charge on any atom is -0.0721 e. The van der Waals surface area contributed by atoms with Crippen LogP contribution >= 0.6 is 31.9 Å². The van der Waals surface area contributed by atoms with Gasteiger partial charge in [-0.2, -0.15) is 0 Å². The lowest BCUT2D eigenvalue weighted by atomic mass is 9.79. The molecule has 56 valence electrons. The van der Waals surface area contributed by atoms with Crippen LogP contribution < -0.4 is 0 Å². The van der Waals surface area contributed by atoms with E-state index in [0.717, 1.165) is 10.8 Å². The average Bonchev–Trinajstić information content (AvgIpc) is 2.47. The molecule has 3 rings (SSSR count). The van der Waals surface area contributed by atoms with E-state index in [1.54, 1.807) is 0 Å². The van der Waals surface area contributed by atoms with Gasteiger partial charge in [0.15, 0.2) is 0 Å². The van der Waals surface area contributed by atoms with Gasteiger partial charge in [-0.3, -0.25) is 0 Å². The first kappa shape index (κ1) is 6.47. The molecule has 2 heteroatoms. The van der Waals surface area contributed by atoms with Crippen LogP contribution in [0.25, 0.3) is 0 Å². The summed E-state index contributed by atoms with van der Waals surface area (Å²) >= 11 is 7.47. The summed E-state index contributed by atoms with van der Waals surface area (Å²) in [7, 11) is 0. The Bertz CT molecular complexity index is 205. The predicted molar refractivity (Wildman–Crippen MR) is 48.5 cm³/mol. The maximum absolute atomic E-state index is 3.74. The number of alkyl halides is 2. The summed E-state index contributed by atoms with van der Waals surface area (Å²) in [6.07, 6.45) is 7.37. The molecule has 3 fully saturated rings. The van der Waals surface area contributed by atoms with Crippen LogP contribution in [0.4, 0.5) is 0 Å². The number of fused-ring (bicyclic) bond motifs is 1. The van der Waals surface area contributed by atoms with Gasteiger partial charge in [0, 0.05) is 5.41 Å². The van der Waals surface area contributed by atoms with E-state index in [0.29, 0.717) is 3.23 Å². The van der Waals surface area contributed by atoms with Crippen LogP contribution in [-0.4, -0.2) is 3.23 Å². The molecule has 0 aromatic carbocycles. The van der Waals surface area contributed by atoms with Crippen molar-refractivity contribution in [3.63, 3.8) is 0 Å². The molecule has 1 unspecified atom stereocenters. The fraction of sp³-hybridized carbons (Fsp3) is 1.00. The van der Waals surface area contributed by atoms with E-state index >= 15 is 0 Å². The minimum absolute atomic E-state index is 0.368. The molecule has 0 radical (unpaired) electrons. The Morgan fingerprint density at radius 1 is 1.00 bits per heavy atom. The molecular formula is C8H10Br2. The Morgan fingerprint density at radius 2 is 1.60 bits per heavy atom. The molecule has 3 saturated carbocycles. The summed E-state index contributed by atoms with van der Waals surface area (Å²) in [6.45, 7) is 0. The molecule has 10 heavy (non-hydrogen) atoms. The van der Waals surface area contributed by atoms with Crippen molar-refractivity contribution in [1.29, 1.82) is 0 Å². The van der Waals surface area contributed by atoms with Gasteiger partial charge in [-0.25, -0.2) is 0 Å². The van der Waals surface area contributed by atoms with Crippen LogP contribution in [0.1, 0.15) is 32.1 Å². The Kier molecular flexibility index (Phi) is 0.902. The monoisotopic (exact) mass is 264 g/mol. The van der Waals surface area contributed by atoms with E-state index in [1.165, 1.54) is 32.1 Å². The fourth-order valence-corrected chi connectivity index (χ4v) is 4.97. The highest BCUT2D eigenvalue weighted by Gasteiger charge is 2.86. The van der Waals surface area contributed by atoms with Gasteiger partial charge < -0.3 is 0 Å². The first-order valence-corrected chi connectivity index (χ1v) is 5.59. The third-order valence-corrected chi connectivity index (χ3v) is 6.02. The summed E-state index contributed by atoms with van der Waals surface area (Å²) in [5.74, 6) is 0. The molecule has 3 aliphatic carbocycles. The Labute approximate surface area is 78.0 Å². The minimum atomic E-state index is 0.368. The quantitative estimate of drug-likeness (QED) is 0.589. The van der Waals surface area contributed by atoms with E-state index in [1.807, 2.05) is 0 Å². The van der Waals surface area contributed by atoms with Crippen molar-refractivity contribution in [3.8, 4) is 0 Å². The first-order chi connectivity index (χ1) is 4.62. The topological polar surface area (TPSA) is 0 Å². The Morgan fingerprint density at radius 3 is 1.70 bits per heavy atom. The fourth-order valence-electron chi connectivity index (χ4n) is 2.89. The van der Waals surface area contributed by atoms with Gasteiger partial charge in [-0.15, -0.1) is 0 Å². The van der Waals surface area contributed by atoms with Gasteiger partial charge in [0.1, 0.15) is 0 Å². The molecule has 0 heterocycles. The van der Waals surface area contributed by atoms with Crippen LogP contribution in [-0.2, 0) is 0 Å². The third-order valence-electron chi connectivity index (χ3n) is 3.94. The third kappa shape index (κ3) is 0.465. The van der Waals surface area contributed by atoms with E-state index in [2.05, 4.69) is 31.9 Å². The zero-order chi connectivity index (χ0) is 7.04. The smallest absolute Gasteiger partial charge is 0.0721 e. The van der Waals surface area contributed by atoms with Crippen molar-refractivity contribution >= 4 is 31.9 Å². The Balaban J connectivity index is 1.90. The molecular weight excluding hydrogens is 256 g/mol. The summed E-state index contributed by atoms with van der Waals surface area (Å²) < 4.78 is 0.368. The highest BCUT2D eigenvalue weighted by atomic mass is 79.9. The molecule has 2 spiro atoms. The molecule has 0 nitrogen and oxygen atoms in total. The van der Waals surface area contributed by atoms with E-state index < -0.39 is 0 Å². The second-order valence-corrected chi connectivity index (χ2v) is 8.05. The molecule has 1 atom stereocenters. The lowest BCUT2D eigenvalue weighted by Crippen LogP contribution is -2.16. The molecule has 0 aromatic rings. The molecule has 0 aliphatic heterocycles. The summed E-state index contributed by atoms with van der Waals surface area (Å²) in [5, 5.41) is 0. The van der Waals surface area contributed by atoms with Crippen molar-refractivity contribution < 1.29 is 0 Å². The molecule has 3 aliphatic rings. The van der Waals surface area contributed by atoms with E-state index in [4.69, 9.17) is 0 Å². The molecule has 0 bridgehead atoms. The summed E-state index contributed by atoms with van der Waals surface area (Å²) in [4.78, 5) is 0. The lowest BCUT2D eigenvalue weighted by molar-refractivity contribution is 0.251. The van der Waals surface area contributed by atoms with Gasteiger partial charge in [-0.05, 0) is 31.1 Å². The highest BCUT2D eigenvalue weighted by molar-refractivity contribution is 9.25. The van der Waals surface area contributed by atoms with Gasteiger partial charge in [0.2, 0.25) is 0 Å². The van der Waals surface area contributed by atoms with Gasteiger partial charge in [0.05, 0.1) is 3.23 Å². The number of hydrogen-bond acceptors (Lipinski definition) is 0. The first-order valence-electron chi connectivity index (χ1n) is 4.00. The van der Waals surface area contributed by atoms with Gasteiger partial charge >= 0.3 is 0 Å². The van der Waals surface area contributed by atoms with Gasteiger partial charge in [-0.1, -0.05) is 38.3 Å². The summed E-state index contributed by atoms with van der Waals surface area (Å²) in [6, 6.07) is 0. The zero-order valence-corrected chi connectivity index (χ0v) is 8.96. The molecule has 0 aromatic heterocycles. The highest BCUT2D eigenvalue weighted by Crippen LogP contribution is 2.92. The second kappa shape index (κ2) is 1.39. The lowest BCUT2D eigenvalue weighted by Gasteiger charge is -2.27. The van der Waals surface area contributed by atoms with Gasteiger partial charge in [0.25, 0.3) is 0 Å². The molecule has 0 amide bonds. The van der Waals surface area contributed by atoms with Crippen LogP contribution in [0.3, 0.4) is 0 Å². The normalized spacial score (nSPS) is 51.0. The number of halogens is 2. The maximum Gasteiger partial charge on any atom is 0.0874 e. The predicted octanol–water partition coefficient (Wildman–Crippen LogP) is 3.44. The average molecular weight is 266 g/mol. The van der Waals surface area contributed by atoms with Crippen molar-refractivity contribution in [3.05, 3.63) is 0 Å². The van der Waals surface area contributed by atoms with Crippen molar-refractivity contribution in [2.24, 2.45) is 10.8 Å². The number of hydrogen-bond donors (Lipinski definition) is 0. The second-order valence-electron chi connectivity index (χ2n) is 4.27. The summed E-state index contributed by atoms with van der Waals surface area (Å²) in [5.41, 5.74) is 1.54. The zero-order valence-electron chi connectivity index (χ0n) is 5.79. The maximum atomic E-state index is 3.74. The Hall–Kier alpha value is 0.960. The molecule has 0 N–H and O–H groups in total. The van der Waals surface area contributed by atoms with Crippen LogP contribution in [0, 0.1) is 10.8 Å².